The fourth-order valence-corrected chi connectivity index (χ4v) is 4.31. The van der Waals surface area contributed by atoms with Crippen LogP contribution >= 0.6 is 0 Å². The van der Waals surface area contributed by atoms with Crippen LogP contribution in [0.5, 0.6) is 5.75 Å². The molecule has 1 saturated heterocycles. The molecular weight excluding hydrogens is 454 g/mol. The molecule has 5 heterocycles. The summed E-state index contributed by atoms with van der Waals surface area (Å²) in [5.74, 6) is -1.05. The molecule has 11 heteroatoms. The number of aromatic hydroxyl groups is 1. The SMILES string of the molecule is Oc1cc2nccn2c2cc(-c3nc(Nc4ccc(N5CCNCC5)cn4)ncc3F)cc(F)c12. The van der Waals surface area contributed by atoms with Gasteiger partial charge in [0.05, 0.1) is 29.0 Å². The van der Waals surface area contributed by atoms with Gasteiger partial charge < -0.3 is 20.6 Å². The predicted molar refractivity (Wildman–Crippen MR) is 128 cm³/mol. The first kappa shape index (κ1) is 21.2. The van der Waals surface area contributed by atoms with Crippen LogP contribution in [0.25, 0.3) is 27.8 Å². The van der Waals surface area contributed by atoms with E-state index in [1.807, 2.05) is 6.07 Å². The second-order valence-electron chi connectivity index (χ2n) is 8.19. The number of anilines is 3. The first-order valence-corrected chi connectivity index (χ1v) is 11.1. The van der Waals surface area contributed by atoms with Gasteiger partial charge in [0.25, 0.3) is 0 Å². The van der Waals surface area contributed by atoms with Crippen LogP contribution in [0.15, 0.2) is 55.1 Å². The van der Waals surface area contributed by atoms with Gasteiger partial charge in [0.15, 0.2) is 5.82 Å². The number of aromatic nitrogens is 5. The Balaban J connectivity index is 1.34. The van der Waals surface area contributed by atoms with E-state index in [9.17, 15) is 9.50 Å². The van der Waals surface area contributed by atoms with Crippen molar-refractivity contribution in [2.75, 3.05) is 36.4 Å². The molecule has 1 aromatic carbocycles. The molecule has 0 saturated carbocycles. The largest absolute Gasteiger partial charge is 0.507 e. The zero-order valence-corrected chi connectivity index (χ0v) is 18.4. The summed E-state index contributed by atoms with van der Waals surface area (Å²) in [6, 6.07) is 7.83. The number of imidazole rings is 1. The number of halogens is 2. The summed E-state index contributed by atoms with van der Waals surface area (Å²) < 4.78 is 31.4. The van der Waals surface area contributed by atoms with Gasteiger partial charge in [-0.2, -0.15) is 0 Å². The molecular formula is C24H20F2N8O. The van der Waals surface area contributed by atoms with Crippen molar-refractivity contribution < 1.29 is 13.9 Å². The van der Waals surface area contributed by atoms with Gasteiger partial charge in [-0.15, -0.1) is 0 Å². The Morgan fingerprint density at radius 1 is 0.971 bits per heavy atom. The lowest BCUT2D eigenvalue weighted by atomic mass is 10.1. The van der Waals surface area contributed by atoms with E-state index in [-0.39, 0.29) is 28.3 Å². The minimum Gasteiger partial charge on any atom is -0.507 e. The molecule has 0 aliphatic carbocycles. The molecule has 0 atom stereocenters. The van der Waals surface area contributed by atoms with Crippen LogP contribution in [0.4, 0.5) is 26.2 Å². The van der Waals surface area contributed by atoms with E-state index in [1.165, 1.54) is 12.3 Å². The van der Waals surface area contributed by atoms with E-state index in [0.717, 1.165) is 44.1 Å². The molecule has 35 heavy (non-hydrogen) atoms. The maximum Gasteiger partial charge on any atom is 0.229 e. The molecule has 1 aliphatic rings. The topological polar surface area (TPSA) is 104 Å². The van der Waals surface area contributed by atoms with Gasteiger partial charge >= 0.3 is 0 Å². The number of pyridine rings is 2. The van der Waals surface area contributed by atoms with E-state index in [2.05, 4.69) is 35.5 Å². The Hall–Kier alpha value is -4.38. The fourth-order valence-electron chi connectivity index (χ4n) is 4.31. The Kier molecular flexibility index (Phi) is 5.10. The van der Waals surface area contributed by atoms with Crippen molar-refractivity contribution in [3.05, 3.63) is 66.8 Å². The molecule has 1 aliphatic heterocycles. The zero-order chi connectivity index (χ0) is 23.9. The maximum absolute atomic E-state index is 15.0. The summed E-state index contributed by atoms with van der Waals surface area (Å²) in [5.41, 5.74) is 1.90. The third-order valence-corrected chi connectivity index (χ3v) is 6.01. The molecule has 0 unspecified atom stereocenters. The van der Waals surface area contributed by atoms with Crippen LogP contribution in [0.1, 0.15) is 0 Å². The van der Waals surface area contributed by atoms with Gasteiger partial charge in [0, 0.05) is 50.2 Å². The fraction of sp³-hybridized carbons (Fsp3) is 0.167. The molecule has 1 fully saturated rings. The molecule has 6 rings (SSSR count). The van der Waals surface area contributed by atoms with Gasteiger partial charge in [0.2, 0.25) is 5.95 Å². The summed E-state index contributed by atoms with van der Waals surface area (Å²) >= 11 is 0. The number of benzene rings is 1. The van der Waals surface area contributed by atoms with Crippen LogP contribution in [-0.4, -0.2) is 55.6 Å². The minimum absolute atomic E-state index is 0.0147. The van der Waals surface area contributed by atoms with Crippen LogP contribution in [0, 0.1) is 11.6 Å². The number of hydrogen-bond donors (Lipinski definition) is 3. The van der Waals surface area contributed by atoms with Gasteiger partial charge in [0.1, 0.15) is 28.7 Å². The van der Waals surface area contributed by atoms with Crippen molar-refractivity contribution in [1.29, 1.82) is 0 Å². The minimum atomic E-state index is -0.710. The van der Waals surface area contributed by atoms with Crippen molar-refractivity contribution >= 4 is 34.0 Å². The number of rotatable bonds is 4. The van der Waals surface area contributed by atoms with E-state index in [0.29, 0.717) is 17.0 Å². The lowest BCUT2D eigenvalue weighted by Gasteiger charge is -2.29. The second kappa shape index (κ2) is 8.44. The second-order valence-corrected chi connectivity index (χ2v) is 8.19. The van der Waals surface area contributed by atoms with Crippen LogP contribution in [0.2, 0.25) is 0 Å². The Labute approximate surface area is 198 Å². The third kappa shape index (κ3) is 3.85. The van der Waals surface area contributed by atoms with Gasteiger partial charge in [-0.1, -0.05) is 0 Å². The Morgan fingerprint density at radius 3 is 2.63 bits per heavy atom. The average Bonchev–Trinajstić information content (AvgIpc) is 3.34. The highest BCUT2D eigenvalue weighted by atomic mass is 19.1. The third-order valence-electron chi connectivity index (χ3n) is 6.01. The van der Waals surface area contributed by atoms with Crippen LogP contribution in [-0.2, 0) is 0 Å². The van der Waals surface area contributed by atoms with E-state index in [4.69, 9.17) is 0 Å². The first-order valence-electron chi connectivity index (χ1n) is 11.1. The summed E-state index contributed by atoms with van der Waals surface area (Å²) in [6.07, 6.45) is 5.96. The predicted octanol–water partition coefficient (Wildman–Crippen LogP) is 3.48. The normalized spacial score (nSPS) is 14.1. The quantitative estimate of drug-likeness (QED) is 0.364. The highest BCUT2D eigenvalue weighted by Crippen LogP contribution is 2.33. The average molecular weight is 474 g/mol. The molecule has 0 amide bonds. The monoisotopic (exact) mass is 474 g/mol. The van der Waals surface area contributed by atoms with Crippen LogP contribution in [0.3, 0.4) is 0 Å². The number of piperazine rings is 1. The molecule has 0 spiro atoms. The van der Waals surface area contributed by atoms with E-state index >= 15 is 4.39 Å². The first-order chi connectivity index (χ1) is 17.1. The van der Waals surface area contributed by atoms with Gasteiger partial charge in [-0.25, -0.2) is 28.7 Å². The Bertz CT molecular complexity index is 1550. The van der Waals surface area contributed by atoms with Crippen molar-refractivity contribution in [2.24, 2.45) is 0 Å². The molecule has 5 aromatic rings. The highest BCUT2D eigenvalue weighted by molar-refractivity contribution is 5.91. The molecule has 176 valence electrons. The van der Waals surface area contributed by atoms with Crippen molar-refractivity contribution in [2.45, 2.75) is 0 Å². The summed E-state index contributed by atoms with van der Waals surface area (Å²) in [4.78, 5) is 19.1. The van der Waals surface area contributed by atoms with Crippen molar-refractivity contribution in [3.8, 4) is 17.0 Å². The maximum atomic E-state index is 15.0. The number of nitrogens with one attached hydrogen (secondary N) is 2. The molecule has 3 N–H and O–H groups in total. The smallest absolute Gasteiger partial charge is 0.229 e. The lowest BCUT2D eigenvalue weighted by molar-refractivity contribution is 0.478. The number of nitrogens with zero attached hydrogens (tertiary/aromatic N) is 6. The number of hydrogen-bond acceptors (Lipinski definition) is 8. The molecule has 4 aromatic heterocycles. The van der Waals surface area contributed by atoms with Crippen LogP contribution < -0.4 is 15.5 Å². The van der Waals surface area contributed by atoms with E-state index < -0.39 is 11.6 Å². The lowest BCUT2D eigenvalue weighted by Crippen LogP contribution is -2.43. The van der Waals surface area contributed by atoms with Gasteiger partial charge in [-0.05, 0) is 24.3 Å². The molecule has 9 nitrogen and oxygen atoms in total. The van der Waals surface area contributed by atoms with Crippen molar-refractivity contribution in [3.63, 3.8) is 0 Å². The zero-order valence-electron chi connectivity index (χ0n) is 18.4. The number of fused-ring (bicyclic) bond motifs is 3. The summed E-state index contributed by atoms with van der Waals surface area (Å²) in [5, 5.41) is 16.6. The summed E-state index contributed by atoms with van der Waals surface area (Å²) in [7, 11) is 0. The molecule has 0 bridgehead atoms. The standard InChI is InChI=1S/C24H20F2N8O/c25-16-9-14(10-18-22(16)19(35)11-21-28-5-8-34(18)21)23-17(26)13-30-24(32-23)31-20-2-1-15(12-29-20)33-6-3-27-4-7-33/h1-2,5,8-13,27,35H,3-4,6-7H2,(H,29,30,31,32). The Morgan fingerprint density at radius 2 is 1.83 bits per heavy atom. The highest BCUT2D eigenvalue weighted by Gasteiger charge is 2.17. The summed E-state index contributed by atoms with van der Waals surface area (Å²) in [6.45, 7) is 3.66. The van der Waals surface area contributed by atoms with Crippen molar-refractivity contribution in [1.82, 2.24) is 29.7 Å². The molecule has 0 radical (unpaired) electrons. The van der Waals surface area contributed by atoms with E-state index in [1.54, 1.807) is 28.9 Å². The van der Waals surface area contributed by atoms with Gasteiger partial charge in [-0.3, -0.25) is 4.40 Å².